The molecule has 0 bridgehead atoms. The fraction of sp³-hybridized carbons (Fsp3) is 0.565. The van der Waals surface area contributed by atoms with Crippen molar-refractivity contribution in [3.05, 3.63) is 47.3 Å². The normalized spacial score (nSPS) is 11.3. The molecule has 0 fully saturated rings. The van der Waals surface area contributed by atoms with Gasteiger partial charge in [-0.2, -0.15) is 0 Å². The first-order valence-electron chi connectivity index (χ1n) is 10.9. The molecule has 0 saturated carbocycles. The van der Waals surface area contributed by atoms with Crippen molar-refractivity contribution in [3.63, 3.8) is 0 Å². The van der Waals surface area contributed by atoms with Crippen LogP contribution in [0.3, 0.4) is 0 Å². The van der Waals surface area contributed by atoms with Gasteiger partial charge >= 0.3 is 0 Å². The Morgan fingerprint density at radius 1 is 1.13 bits per heavy atom. The van der Waals surface area contributed by atoms with Crippen molar-refractivity contribution in [2.45, 2.75) is 59.0 Å². The molecule has 1 heterocycles. The Labute approximate surface area is 203 Å². The lowest BCUT2D eigenvalue weighted by Crippen LogP contribution is -2.37. The number of methoxy groups -OCH3 is 1. The third-order valence-corrected chi connectivity index (χ3v) is 4.95. The number of hydrogen-bond acceptors (Lipinski definition) is 5. The van der Waals surface area contributed by atoms with Crippen LogP contribution in [0.4, 0.5) is 0 Å². The number of ether oxygens (including phenoxy) is 2. The number of guanidine groups is 1. The Hall–Kier alpha value is -1.81. The molecule has 0 atom stereocenters. The topological polar surface area (TPSA) is 80.9 Å². The Kier molecular flexibility index (Phi) is 14.0. The summed E-state index contributed by atoms with van der Waals surface area (Å²) in [4.78, 5) is 4.71. The van der Waals surface area contributed by atoms with Crippen LogP contribution in [0.15, 0.2) is 39.8 Å². The van der Waals surface area contributed by atoms with Gasteiger partial charge in [-0.05, 0) is 43.9 Å². The highest BCUT2D eigenvalue weighted by molar-refractivity contribution is 14.0. The minimum Gasteiger partial charge on any atom is -0.497 e. The molecule has 2 rings (SSSR count). The van der Waals surface area contributed by atoms with Crippen LogP contribution in [0.25, 0.3) is 0 Å². The molecule has 0 unspecified atom stereocenters. The molecule has 174 valence electrons. The van der Waals surface area contributed by atoms with Gasteiger partial charge in [-0.3, -0.25) is 0 Å². The molecule has 7 nitrogen and oxygen atoms in total. The van der Waals surface area contributed by atoms with E-state index in [1.165, 1.54) is 0 Å². The molecule has 8 heteroatoms. The zero-order valence-electron chi connectivity index (χ0n) is 19.1. The van der Waals surface area contributed by atoms with Crippen molar-refractivity contribution in [3.8, 4) is 5.75 Å². The van der Waals surface area contributed by atoms with Crippen molar-refractivity contribution >= 4 is 29.9 Å². The van der Waals surface area contributed by atoms with E-state index in [0.717, 1.165) is 67.7 Å². The molecule has 0 radical (unpaired) electrons. The first-order chi connectivity index (χ1) is 14.7. The van der Waals surface area contributed by atoms with Crippen LogP contribution < -0.4 is 15.4 Å². The Morgan fingerprint density at radius 3 is 2.52 bits per heavy atom. The van der Waals surface area contributed by atoms with Crippen LogP contribution in [-0.4, -0.2) is 38.0 Å². The van der Waals surface area contributed by atoms with E-state index in [1.807, 2.05) is 37.3 Å². The van der Waals surface area contributed by atoms with Gasteiger partial charge in [0.2, 0.25) is 0 Å². The number of aliphatic imine (C=N–C) groups is 1. The lowest BCUT2D eigenvalue weighted by Gasteiger charge is -2.12. The third-order valence-electron chi connectivity index (χ3n) is 4.95. The minimum atomic E-state index is 0. The standard InChI is InChI=1S/C23H36N4O3.HI/c1-5-19(6-2)22-15-21(30-27-22)17-26-23(24-13-8-14-29-7-3)25-16-18-9-11-20(28-4)12-10-18;/h9-12,15,19H,5-8,13-14,16-17H2,1-4H3,(H2,24,25,26);1H. The Morgan fingerprint density at radius 2 is 1.87 bits per heavy atom. The van der Waals surface area contributed by atoms with Gasteiger partial charge in [-0.15, -0.1) is 24.0 Å². The number of rotatable bonds is 13. The average Bonchev–Trinajstić information content (AvgIpc) is 3.25. The maximum atomic E-state index is 5.52. The van der Waals surface area contributed by atoms with E-state index >= 15 is 0 Å². The maximum Gasteiger partial charge on any atom is 0.191 e. The van der Waals surface area contributed by atoms with E-state index in [-0.39, 0.29) is 24.0 Å². The number of benzene rings is 1. The van der Waals surface area contributed by atoms with Crippen LogP contribution in [-0.2, 0) is 17.8 Å². The van der Waals surface area contributed by atoms with Gasteiger partial charge in [-0.25, -0.2) is 4.99 Å². The third kappa shape index (κ3) is 9.90. The zero-order chi connectivity index (χ0) is 21.6. The van der Waals surface area contributed by atoms with Crippen LogP contribution >= 0.6 is 24.0 Å². The van der Waals surface area contributed by atoms with E-state index in [9.17, 15) is 0 Å². The predicted molar refractivity (Wildman–Crippen MR) is 135 cm³/mol. The van der Waals surface area contributed by atoms with Crippen LogP contribution in [0, 0.1) is 0 Å². The van der Waals surface area contributed by atoms with Gasteiger partial charge in [0.25, 0.3) is 0 Å². The Bertz CT molecular complexity index is 746. The number of hydrogen-bond donors (Lipinski definition) is 2. The summed E-state index contributed by atoms with van der Waals surface area (Å²) in [5, 5.41) is 11.0. The zero-order valence-corrected chi connectivity index (χ0v) is 21.5. The van der Waals surface area contributed by atoms with E-state index in [4.69, 9.17) is 19.0 Å². The molecule has 0 spiro atoms. The monoisotopic (exact) mass is 544 g/mol. The largest absolute Gasteiger partial charge is 0.497 e. The van der Waals surface area contributed by atoms with E-state index < -0.39 is 0 Å². The number of nitrogens with one attached hydrogen (secondary N) is 2. The van der Waals surface area contributed by atoms with E-state index in [1.54, 1.807) is 7.11 Å². The highest BCUT2D eigenvalue weighted by Crippen LogP contribution is 2.22. The van der Waals surface area contributed by atoms with E-state index in [2.05, 4.69) is 29.6 Å². The summed E-state index contributed by atoms with van der Waals surface area (Å²) in [6.07, 6.45) is 3.04. The summed E-state index contributed by atoms with van der Waals surface area (Å²) in [6, 6.07) is 9.98. The molecular formula is C23H37IN4O3. The van der Waals surface area contributed by atoms with Crippen molar-refractivity contribution < 1.29 is 14.0 Å². The Balaban J connectivity index is 0.00000480. The molecule has 0 saturated heterocycles. The number of aromatic nitrogens is 1. The molecule has 31 heavy (non-hydrogen) atoms. The summed E-state index contributed by atoms with van der Waals surface area (Å²) in [5.74, 6) is 2.84. The molecule has 1 aromatic heterocycles. The summed E-state index contributed by atoms with van der Waals surface area (Å²) >= 11 is 0. The second-order valence-corrected chi connectivity index (χ2v) is 7.08. The SMILES string of the molecule is CCOCCCNC(=NCc1ccc(OC)cc1)NCc1cc(C(CC)CC)no1.I. The van der Waals surface area contributed by atoms with Gasteiger partial charge in [-0.1, -0.05) is 31.1 Å². The highest BCUT2D eigenvalue weighted by Gasteiger charge is 2.13. The molecule has 0 amide bonds. The quantitative estimate of drug-likeness (QED) is 0.162. The molecule has 0 aliphatic rings. The fourth-order valence-electron chi connectivity index (χ4n) is 3.08. The number of nitrogens with zero attached hydrogens (tertiary/aromatic N) is 2. The molecule has 1 aromatic carbocycles. The lowest BCUT2D eigenvalue weighted by molar-refractivity contribution is 0.145. The molecule has 0 aliphatic carbocycles. The lowest BCUT2D eigenvalue weighted by atomic mass is 9.99. The first kappa shape index (κ1) is 27.2. The summed E-state index contributed by atoms with van der Waals surface area (Å²) < 4.78 is 16.1. The second kappa shape index (κ2) is 15.9. The summed E-state index contributed by atoms with van der Waals surface area (Å²) in [6.45, 7) is 9.71. The molecule has 2 aromatic rings. The minimum absolute atomic E-state index is 0. The fourth-order valence-corrected chi connectivity index (χ4v) is 3.08. The van der Waals surface area contributed by atoms with Gasteiger partial charge in [0, 0.05) is 31.7 Å². The summed E-state index contributed by atoms with van der Waals surface area (Å²) in [7, 11) is 1.67. The smallest absolute Gasteiger partial charge is 0.191 e. The van der Waals surface area contributed by atoms with Crippen molar-refractivity contribution in [2.24, 2.45) is 4.99 Å². The van der Waals surface area contributed by atoms with Crippen molar-refractivity contribution in [2.75, 3.05) is 26.9 Å². The molecule has 2 N–H and O–H groups in total. The highest BCUT2D eigenvalue weighted by atomic mass is 127. The van der Waals surface area contributed by atoms with Crippen LogP contribution in [0.5, 0.6) is 5.75 Å². The summed E-state index contributed by atoms with van der Waals surface area (Å²) in [5.41, 5.74) is 2.14. The predicted octanol–water partition coefficient (Wildman–Crippen LogP) is 4.87. The molecular weight excluding hydrogens is 507 g/mol. The van der Waals surface area contributed by atoms with Crippen molar-refractivity contribution in [1.82, 2.24) is 15.8 Å². The number of halogens is 1. The van der Waals surface area contributed by atoms with Crippen molar-refractivity contribution in [1.29, 1.82) is 0 Å². The van der Waals surface area contributed by atoms with Gasteiger partial charge in [0.1, 0.15) is 5.75 Å². The molecule has 0 aliphatic heterocycles. The van der Waals surface area contributed by atoms with Crippen LogP contribution in [0.1, 0.15) is 63.0 Å². The average molecular weight is 544 g/mol. The second-order valence-electron chi connectivity index (χ2n) is 7.08. The van der Waals surface area contributed by atoms with Gasteiger partial charge in [0.05, 0.1) is 25.9 Å². The van der Waals surface area contributed by atoms with E-state index in [0.29, 0.717) is 19.0 Å². The van der Waals surface area contributed by atoms with Gasteiger partial charge < -0.3 is 24.6 Å². The maximum absolute atomic E-state index is 5.52. The van der Waals surface area contributed by atoms with Crippen LogP contribution in [0.2, 0.25) is 0 Å². The van der Waals surface area contributed by atoms with Gasteiger partial charge in [0.15, 0.2) is 11.7 Å². The first-order valence-corrected chi connectivity index (χ1v) is 10.9.